The first kappa shape index (κ1) is 14.4. The summed E-state index contributed by atoms with van der Waals surface area (Å²) in [5, 5.41) is 3.22. The van der Waals surface area contributed by atoms with Gasteiger partial charge in [0.1, 0.15) is 0 Å². The van der Waals surface area contributed by atoms with Gasteiger partial charge in [0, 0.05) is 28.0 Å². The van der Waals surface area contributed by atoms with Crippen LogP contribution in [-0.2, 0) is 0 Å². The van der Waals surface area contributed by atoms with Gasteiger partial charge in [0.15, 0.2) is 0 Å². The fraction of sp³-hybridized carbons (Fsp3) is 0.533. The molecule has 3 rings (SSSR count). The van der Waals surface area contributed by atoms with E-state index in [1.807, 2.05) is 18.2 Å². The average Bonchev–Trinajstić information content (AvgIpc) is 2.85. The molecule has 0 radical (unpaired) electrons. The molecule has 0 spiro atoms. The third-order valence-electron chi connectivity index (χ3n) is 4.37. The van der Waals surface area contributed by atoms with Crippen molar-refractivity contribution in [2.45, 2.75) is 42.7 Å². The molecule has 1 N–H and O–H groups in total. The first-order chi connectivity index (χ1) is 9.65. The molecule has 2 aliphatic heterocycles. The van der Waals surface area contributed by atoms with E-state index in [1.165, 1.54) is 25.8 Å². The molecule has 2 atom stereocenters. The largest absolute Gasteiger partial charge is 0.348 e. The van der Waals surface area contributed by atoms with Gasteiger partial charge in [-0.2, -0.15) is 0 Å². The summed E-state index contributed by atoms with van der Waals surface area (Å²) in [6, 6.07) is 6.39. The summed E-state index contributed by atoms with van der Waals surface area (Å²) in [4.78, 5) is 15.8. The van der Waals surface area contributed by atoms with Crippen molar-refractivity contribution < 1.29 is 4.79 Å². The average molecular weight is 355 g/mol. The molecule has 0 saturated carbocycles. The van der Waals surface area contributed by atoms with Gasteiger partial charge in [0.25, 0.3) is 5.91 Å². The number of rotatable bonds is 2. The number of carbonyl (C=O) groups is 1. The minimum absolute atomic E-state index is 0.00481. The number of hydrogen-bond acceptors (Lipinski definition) is 3. The molecule has 2 unspecified atom stereocenters. The maximum Gasteiger partial charge on any atom is 0.252 e. The van der Waals surface area contributed by atoms with Crippen LogP contribution >= 0.6 is 28.6 Å². The highest BCUT2D eigenvalue weighted by molar-refractivity contribution is 9.10. The Bertz CT molecular complexity index is 523. The number of nitrogens with zero attached hydrogens (tertiary/aromatic N) is 1. The molecular weight excluding hydrogens is 336 g/mol. The fourth-order valence-corrected chi connectivity index (χ4v) is 3.98. The zero-order valence-electron chi connectivity index (χ0n) is 11.3. The van der Waals surface area contributed by atoms with Crippen molar-refractivity contribution >= 4 is 34.5 Å². The predicted molar refractivity (Wildman–Crippen MR) is 86.5 cm³/mol. The van der Waals surface area contributed by atoms with Crippen molar-refractivity contribution in [3.63, 3.8) is 0 Å². The van der Waals surface area contributed by atoms with Gasteiger partial charge in [0.05, 0.1) is 5.56 Å². The molecule has 20 heavy (non-hydrogen) atoms. The van der Waals surface area contributed by atoms with E-state index in [1.54, 1.807) is 0 Å². The topological polar surface area (TPSA) is 32.3 Å². The Labute approximate surface area is 133 Å². The highest BCUT2D eigenvalue weighted by atomic mass is 79.9. The molecular formula is C15H19BrN2OS. The summed E-state index contributed by atoms with van der Waals surface area (Å²) in [7, 11) is 0. The first-order valence-electron chi connectivity index (χ1n) is 7.18. The smallest absolute Gasteiger partial charge is 0.252 e. The molecule has 1 aromatic carbocycles. The number of halogens is 1. The van der Waals surface area contributed by atoms with Gasteiger partial charge in [0.2, 0.25) is 0 Å². The quantitative estimate of drug-likeness (QED) is 0.799. The Morgan fingerprint density at radius 2 is 2.15 bits per heavy atom. The van der Waals surface area contributed by atoms with Crippen molar-refractivity contribution in [2.24, 2.45) is 0 Å². The summed E-state index contributed by atoms with van der Waals surface area (Å²) >= 11 is 7.75. The van der Waals surface area contributed by atoms with E-state index in [4.69, 9.17) is 0 Å². The van der Waals surface area contributed by atoms with Crippen LogP contribution in [0.25, 0.3) is 0 Å². The first-order valence-corrected chi connectivity index (χ1v) is 8.42. The monoisotopic (exact) mass is 354 g/mol. The van der Waals surface area contributed by atoms with Crippen molar-refractivity contribution in [1.29, 1.82) is 0 Å². The molecule has 108 valence electrons. The summed E-state index contributed by atoms with van der Waals surface area (Å²) in [5.74, 6) is 0.00481. The van der Waals surface area contributed by atoms with E-state index in [0.29, 0.717) is 17.6 Å². The van der Waals surface area contributed by atoms with Crippen molar-refractivity contribution in [2.75, 3.05) is 13.1 Å². The molecule has 2 aliphatic rings. The van der Waals surface area contributed by atoms with Crippen molar-refractivity contribution in [3.05, 3.63) is 28.2 Å². The van der Waals surface area contributed by atoms with E-state index in [9.17, 15) is 4.79 Å². The number of piperidine rings is 1. The fourth-order valence-electron chi connectivity index (χ4n) is 3.35. The van der Waals surface area contributed by atoms with Crippen molar-refractivity contribution in [3.8, 4) is 0 Å². The number of hydrogen-bond donors (Lipinski definition) is 2. The van der Waals surface area contributed by atoms with Crippen LogP contribution in [0.5, 0.6) is 0 Å². The molecule has 3 nitrogen and oxygen atoms in total. The lowest BCUT2D eigenvalue weighted by Gasteiger charge is -2.32. The number of nitrogens with one attached hydrogen (secondary N) is 1. The second-order valence-electron chi connectivity index (χ2n) is 5.63. The van der Waals surface area contributed by atoms with E-state index < -0.39 is 0 Å². The number of amides is 1. The van der Waals surface area contributed by atoms with Crippen LogP contribution in [-0.4, -0.2) is 36.0 Å². The van der Waals surface area contributed by atoms with Crippen molar-refractivity contribution in [1.82, 2.24) is 10.2 Å². The number of benzene rings is 1. The van der Waals surface area contributed by atoms with Gasteiger partial charge in [-0.25, -0.2) is 0 Å². The molecule has 0 aromatic heterocycles. The molecule has 2 heterocycles. The molecule has 0 aliphatic carbocycles. The highest BCUT2D eigenvalue weighted by Crippen LogP contribution is 2.28. The summed E-state index contributed by atoms with van der Waals surface area (Å²) in [6.07, 6.45) is 4.85. The van der Waals surface area contributed by atoms with Crippen LogP contribution in [0.15, 0.2) is 27.6 Å². The lowest BCUT2D eigenvalue weighted by molar-refractivity contribution is 0.0914. The Balaban J connectivity index is 1.71. The van der Waals surface area contributed by atoms with Gasteiger partial charge < -0.3 is 5.32 Å². The Kier molecular flexibility index (Phi) is 4.38. The van der Waals surface area contributed by atoms with E-state index in [2.05, 4.69) is 38.8 Å². The van der Waals surface area contributed by atoms with Crippen LogP contribution in [0, 0.1) is 0 Å². The van der Waals surface area contributed by atoms with Crippen LogP contribution in [0.2, 0.25) is 0 Å². The molecule has 0 bridgehead atoms. The minimum atomic E-state index is 0.00481. The Hall–Kier alpha value is -0.520. The summed E-state index contributed by atoms with van der Waals surface area (Å²) in [6.45, 7) is 2.30. The van der Waals surface area contributed by atoms with Gasteiger partial charge in [-0.1, -0.05) is 6.42 Å². The standard InChI is InChI=1S/C15H19BrN2OS/c16-12-5-4-10(20)9-11(12)15(19)17-13-6-8-18-7-2-1-3-14(13)18/h4-5,9,13-14,20H,1-3,6-8H2,(H,17,19). The zero-order chi connectivity index (χ0) is 14.1. The number of fused-ring (bicyclic) bond motifs is 1. The lowest BCUT2D eigenvalue weighted by Crippen LogP contribution is -2.46. The lowest BCUT2D eigenvalue weighted by atomic mass is 9.99. The second-order valence-corrected chi connectivity index (χ2v) is 7.00. The van der Waals surface area contributed by atoms with Crippen LogP contribution in [0.4, 0.5) is 0 Å². The number of carbonyl (C=O) groups excluding carboxylic acids is 1. The van der Waals surface area contributed by atoms with Crippen LogP contribution < -0.4 is 5.32 Å². The molecule has 1 amide bonds. The molecule has 1 aromatic rings. The molecule has 5 heteroatoms. The van der Waals surface area contributed by atoms with Gasteiger partial charge in [-0.15, -0.1) is 12.6 Å². The molecule has 2 saturated heterocycles. The van der Waals surface area contributed by atoms with E-state index in [0.717, 1.165) is 22.3 Å². The van der Waals surface area contributed by atoms with Crippen LogP contribution in [0.1, 0.15) is 36.0 Å². The summed E-state index contributed by atoms with van der Waals surface area (Å²) in [5.41, 5.74) is 0.673. The van der Waals surface area contributed by atoms with Crippen LogP contribution in [0.3, 0.4) is 0 Å². The highest BCUT2D eigenvalue weighted by Gasteiger charge is 2.36. The van der Waals surface area contributed by atoms with Gasteiger partial charge in [-0.05, 0) is 59.9 Å². The van der Waals surface area contributed by atoms with Gasteiger partial charge in [-0.3, -0.25) is 9.69 Å². The Morgan fingerprint density at radius 1 is 1.30 bits per heavy atom. The number of thiol groups is 1. The normalized spacial score (nSPS) is 26.3. The Morgan fingerprint density at radius 3 is 3.00 bits per heavy atom. The minimum Gasteiger partial charge on any atom is -0.348 e. The third-order valence-corrected chi connectivity index (χ3v) is 5.34. The van der Waals surface area contributed by atoms with E-state index >= 15 is 0 Å². The second kappa shape index (κ2) is 6.08. The predicted octanol–water partition coefficient (Wildman–Crippen LogP) is 3.09. The SMILES string of the molecule is O=C(NC1CCN2CCCCC12)c1cc(S)ccc1Br. The zero-order valence-corrected chi connectivity index (χ0v) is 13.8. The summed E-state index contributed by atoms with van der Waals surface area (Å²) < 4.78 is 0.825. The maximum atomic E-state index is 12.5. The third kappa shape index (κ3) is 2.90. The molecule has 2 fully saturated rings. The van der Waals surface area contributed by atoms with Gasteiger partial charge >= 0.3 is 0 Å². The van der Waals surface area contributed by atoms with E-state index in [-0.39, 0.29) is 5.91 Å². The maximum absolute atomic E-state index is 12.5.